The minimum atomic E-state index is -0.782. The number of likely N-dealkylation sites (N-methyl/N-ethyl adjacent to an activating group) is 1. The number of anilines is 1. The zero-order chi connectivity index (χ0) is 19.9. The van der Waals surface area contributed by atoms with Gasteiger partial charge >= 0.3 is 11.8 Å². The first kappa shape index (κ1) is 19.9. The molecule has 1 atom stereocenters. The Bertz CT molecular complexity index is 792. The summed E-state index contributed by atoms with van der Waals surface area (Å²) in [6.45, 7) is 3.91. The fraction of sp³-hybridized carbons (Fsp3) is 0.350. The van der Waals surface area contributed by atoms with Gasteiger partial charge in [0.15, 0.2) is 0 Å². The van der Waals surface area contributed by atoms with Crippen LogP contribution in [0, 0.1) is 5.82 Å². The Balaban J connectivity index is 1.61. The van der Waals surface area contributed by atoms with Crippen molar-refractivity contribution in [1.29, 1.82) is 0 Å². The molecule has 7 nitrogen and oxygen atoms in total. The van der Waals surface area contributed by atoms with E-state index < -0.39 is 17.6 Å². The molecule has 0 aliphatic carbocycles. The number of hydrogen-bond donors (Lipinski definition) is 2. The Morgan fingerprint density at radius 1 is 1.11 bits per heavy atom. The zero-order valence-electron chi connectivity index (χ0n) is 15.8. The minimum absolute atomic E-state index is 0.0648. The summed E-state index contributed by atoms with van der Waals surface area (Å²) in [4.78, 5) is 33.1. The standard InChI is InChI=1S/C20H24FN5O2/c1-25-9-11-26(12-10-25)18(15-3-2-8-22-13-15)14-23-19(27)20(28)24-17-6-4-16(21)5-7-17/h2-8,13,18H,9-12,14H2,1H3,(H,23,27)(H,24,28)/t18-/m0/s1. The number of carbonyl (C=O) groups is 2. The number of amides is 2. The van der Waals surface area contributed by atoms with Crippen LogP contribution < -0.4 is 10.6 Å². The molecule has 28 heavy (non-hydrogen) atoms. The van der Waals surface area contributed by atoms with E-state index >= 15 is 0 Å². The Hall–Kier alpha value is -2.84. The topological polar surface area (TPSA) is 77.6 Å². The van der Waals surface area contributed by atoms with E-state index in [2.05, 4.69) is 32.5 Å². The maximum atomic E-state index is 12.9. The molecular weight excluding hydrogens is 361 g/mol. The molecule has 1 aromatic carbocycles. The normalized spacial score (nSPS) is 16.4. The van der Waals surface area contributed by atoms with Gasteiger partial charge in [-0.2, -0.15) is 0 Å². The molecule has 1 aliphatic rings. The van der Waals surface area contributed by atoms with Crippen LogP contribution in [-0.2, 0) is 9.59 Å². The SMILES string of the molecule is CN1CCN([C@@H](CNC(=O)C(=O)Nc2ccc(F)cc2)c2cccnc2)CC1. The van der Waals surface area contributed by atoms with Crippen LogP contribution in [0.5, 0.6) is 0 Å². The number of nitrogens with zero attached hydrogens (tertiary/aromatic N) is 3. The molecule has 3 rings (SSSR count). The molecule has 0 spiro atoms. The highest BCUT2D eigenvalue weighted by Crippen LogP contribution is 2.20. The van der Waals surface area contributed by atoms with Gasteiger partial charge in [-0.1, -0.05) is 6.07 Å². The molecule has 2 N–H and O–H groups in total. The largest absolute Gasteiger partial charge is 0.346 e. The van der Waals surface area contributed by atoms with Crippen LogP contribution in [-0.4, -0.2) is 66.4 Å². The van der Waals surface area contributed by atoms with Crippen LogP contribution in [0.3, 0.4) is 0 Å². The van der Waals surface area contributed by atoms with Gasteiger partial charge in [-0.15, -0.1) is 0 Å². The van der Waals surface area contributed by atoms with Crippen LogP contribution in [0.1, 0.15) is 11.6 Å². The first-order valence-corrected chi connectivity index (χ1v) is 9.20. The second kappa shape index (κ2) is 9.38. The number of carbonyl (C=O) groups excluding carboxylic acids is 2. The molecule has 1 aromatic heterocycles. The van der Waals surface area contributed by atoms with Crippen molar-refractivity contribution in [2.75, 3.05) is 45.1 Å². The van der Waals surface area contributed by atoms with Gasteiger partial charge in [0.2, 0.25) is 0 Å². The monoisotopic (exact) mass is 385 g/mol. The zero-order valence-corrected chi connectivity index (χ0v) is 15.8. The number of benzene rings is 1. The molecule has 0 bridgehead atoms. The molecule has 0 saturated carbocycles. The number of rotatable bonds is 5. The van der Waals surface area contributed by atoms with Gasteiger partial charge < -0.3 is 15.5 Å². The molecule has 0 radical (unpaired) electrons. The summed E-state index contributed by atoms with van der Waals surface area (Å²) in [5.41, 5.74) is 1.36. The Morgan fingerprint density at radius 3 is 2.46 bits per heavy atom. The Labute approximate surface area is 163 Å². The van der Waals surface area contributed by atoms with Gasteiger partial charge in [-0.25, -0.2) is 4.39 Å². The van der Waals surface area contributed by atoms with Gasteiger partial charge in [0.1, 0.15) is 5.82 Å². The van der Waals surface area contributed by atoms with E-state index in [0.717, 1.165) is 31.7 Å². The number of halogens is 1. The van der Waals surface area contributed by atoms with Crippen molar-refractivity contribution in [1.82, 2.24) is 20.1 Å². The molecule has 1 saturated heterocycles. The second-order valence-electron chi connectivity index (χ2n) is 6.81. The van der Waals surface area contributed by atoms with Crippen LogP contribution >= 0.6 is 0 Å². The molecule has 148 valence electrons. The first-order valence-electron chi connectivity index (χ1n) is 9.20. The molecule has 8 heteroatoms. The lowest BCUT2D eigenvalue weighted by atomic mass is 10.1. The van der Waals surface area contributed by atoms with Gasteiger partial charge in [-0.3, -0.25) is 19.5 Å². The van der Waals surface area contributed by atoms with Crippen LogP contribution in [0.25, 0.3) is 0 Å². The summed E-state index contributed by atoms with van der Waals surface area (Å²) in [6, 6.07) is 9.03. The number of piperazine rings is 1. The van der Waals surface area contributed by atoms with Crippen LogP contribution in [0.15, 0.2) is 48.8 Å². The smallest absolute Gasteiger partial charge is 0.313 e. The summed E-state index contributed by atoms with van der Waals surface area (Å²) in [5, 5.41) is 5.18. The average Bonchev–Trinajstić information content (AvgIpc) is 2.71. The van der Waals surface area contributed by atoms with Crippen molar-refractivity contribution in [3.63, 3.8) is 0 Å². The van der Waals surface area contributed by atoms with Gasteiger partial charge in [0.25, 0.3) is 0 Å². The summed E-state index contributed by atoms with van der Waals surface area (Å²) in [7, 11) is 2.08. The van der Waals surface area contributed by atoms with Crippen molar-refractivity contribution in [3.8, 4) is 0 Å². The Kier molecular flexibility index (Phi) is 6.67. The minimum Gasteiger partial charge on any atom is -0.346 e. The molecule has 2 amide bonds. The highest BCUT2D eigenvalue weighted by Gasteiger charge is 2.25. The predicted octanol–water partition coefficient (Wildman–Crippen LogP) is 1.26. The molecule has 1 aliphatic heterocycles. The van der Waals surface area contributed by atoms with Crippen molar-refractivity contribution in [2.24, 2.45) is 0 Å². The quantitative estimate of drug-likeness (QED) is 0.758. The summed E-state index contributed by atoms with van der Waals surface area (Å²) in [6.07, 6.45) is 3.49. The lowest BCUT2D eigenvalue weighted by Crippen LogP contribution is -2.49. The van der Waals surface area contributed by atoms with Crippen molar-refractivity contribution in [3.05, 3.63) is 60.2 Å². The highest BCUT2D eigenvalue weighted by atomic mass is 19.1. The fourth-order valence-corrected chi connectivity index (χ4v) is 3.16. The van der Waals surface area contributed by atoms with Gasteiger partial charge in [0, 0.05) is 50.8 Å². The number of pyridine rings is 1. The Morgan fingerprint density at radius 2 is 1.82 bits per heavy atom. The van der Waals surface area contributed by atoms with Gasteiger partial charge in [0.05, 0.1) is 6.04 Å². The maximum absolute atomic E-state index is 12.9. The van der Waals surface area contributed by atoms with Crippen molar-refractivity contribution < 1.29 is 14.0 Å². The lowest BCUT2D eigenvalue weighted by Gasteiger charge is -2.38. The third-order valence-corrected chi connectivity index (χ3v) is 4.81. The van der Waals surface area contributed by atoms with E-state index in [4.69, 9.17) is 0 Å². The first-order chi connectivity index (χ1) is 13.5. The number of aromatic nitrogens is 1. The number of hydrogen-bond acceptors (Lipinski definition) is 5. The third kappa shape index (κ3) is 5.34. The van der Waals surface area contributed by atoms with Gasteiger partial charge in [-0.05, 0) is 42.9 Å². The van der Waals surface area contributed by atoms with E-state index in [9.17, 15) is 14.0 Å². The van der Waals surface area contributed by atoms with E-state index in [1.165, 1.54) is 24.3 Å². The molecule has 2 aromatic rings. The summed E-state index contributed by atoms with van der Waals surface area (Å²) >= 11 is 0. The van der Waals surface area contributed by atoms with Crippen molar-refractivity contribution in [2.45, 2.75) is 6.04 Å². The average molecular weight is 385 g/mol. The lowest BCUT2D eigenvalue weighted by molar-refractivity contribution is -0.136. The van der Waals surface area contributed by atoms with Crippen LogP contribution in [0.4, 0.5) is 10.1 Å². The number of nitrogens with one attached hydrogen (secondary N) is 2. The van der Waals surface area contributed by atoms with Crippen LogP contribution in [0.2, 0.25) is 0 Å². The van der Waals surface area contributed by atoms with E-state index in [1.807, 2.05) is 12.1 Å². The summed E-state index contributed by atoms with van der Waals surface area (Å²) < 4.78 is 12.9. The molecule has 2 heterocycles. The van der Waals surface area contributed by atoms with Crippen molar-refractivity contribution >= 4 is 17.5 Å². The van der Waals surface area contributed by atoms with E-state index in [0.29, 0.717) is 12.2 Å². The van der Waals surface area contributed by atoms with E-state index in [1.54, 1.807) is 12.4 Å². The maximum Gasteiger partial charge on any atom is 0.313 e. The molecular formula is C20H24FN5O2. The predicted molar refractivity (Wildman–Crippen MR) is 104 cm³/mol. The third-order valence-electron chi connectivity index (χ3n) is 4.81. The fourth-order valence-electron chi connectivity index (χ4n) is 3.16. The second-order valence-corrected chi connectivity index (χ2v) is 6.81. The summed E-state index contributed by atoms with van der Waals surface area (Å²) in [5.74, 6) is -1.92. The van der Waals surface area contributed by atoms with E-state index in [-0.39, 0.29) is 6.04 Å². The molecule has 1 fully saturated rings. The molecule has 0 unspecified atom stereocenters. The highest BCUT2D eigenvalue weighted by molar-refractivity contribution is 6.39.